The minimum Gasteiger partial charge on any atom is -0.508 e. The van der Waals surface area contributed by atoms with Crippen LogP contribution in [0.1, 0.15) is 44.7 Å². The van der Waals surface area contributed by atoms with Crippen LogP contribution < -0.4 is 5.32 Å². The number of carbonyl (C=O) groups is 1. The van der Waals surface area contributed by atoms with Crippen LogP contribution >= 0.6 is 0 Å². The minimum atomic E-state index is 0.00185. The normalized spacial score (nSPS) is 11.3. The Morgan fingerprint density at radius 3 is 2.17 bits per heavy atom. The maximum absolute atomic E-state index is 11.9. The quantitative estimate of drug-likeness (QED) is 0.790. The molecule has 0 bridgehead atoms. The Hall–Kier alpha value is -2.29. The average molecular weight is 311 g/mol. The summed E-state index contributed by atoms with van der Waals surface area (Å²) >= 11 is 0. The minimum absolute atomic E-state index is 0.00185. The van der Waals surface area contributed by atoms with Crippen LogP contribution in [0.15, 0.2) is 48.5 Å². The van der Waals surface area contributed by atoms with Crippen LogP contribution in [0, 0.1) is 0 Å². The number of aromatic hydroxyl groups is 1. The SMILES string of the molecule is CC(C)(C)c1ccc(CCCC(=O)Nc2ccc(O)cc2)cc1. The van der Waals surface area contributed by atoms with E-state index in [9.17, 15) is 9.90 Å². The van der Waals surface area contributed by atoms with Crippen molar-refractivity contribution in [3.8, 4) is 5.75 Å². The van der Waals surface area contributed by atoms with Crippen LogP contribution in [0.3, 0.4) is 0 Å². The van der Waals surface area contributed by atoms with E-state index in [0.717, 1.165) is 12.8 Å². The van der Waals surface area contributed by atoms with Gasteiger partial charge in [0.2, 0.25) is 5.91 Å². The molecule has 23 heavy (non-hydrogen) atoms. The standard InChI is InChI=1S/C20H25NO2/c1-20(2,3)16-9-7-15(8-10-16)5-4-6-19(23)21-17-11-13-18(22)14-12-17/h7-14,22H,4-6H2,1-3H3,(H,21,23). The van der Waals surface area contributed by atoms with Crippen LogP contribution in [-0.4, -0.2) is 11.0 Å². The zero-order valence-corrected chi connectivity index (χ0v) is 14.1. The van der Waals surface area contributed by atoms with Gasteiger partial charge in [0, 0.05) is 12.1 Å². The van der Waals surface area contributed by atoms with Gasteiger partial charge in [0.25, 0.3) is 0 Å². The van der Waals surface area contributed by atoms with Gasteiger partial charge in [-0.15, -0.1) is 0 Å². The van der Waals surface area contributed by atoms with E-state index < -0.39 is 0 Å². The Morgan fingerprint density at radius 2 is 1.61 bits per heavy atom. The number of benzene rings is 2. The van der Waals surface area contributed by atoms with Crippen LogP contribution in [0.2, 0.25) is 0 Å². The molecule has 0 heterocycles. The van der Waals surface area contributed by atoms with Crippen LogP contribution in [-0.2, 0) is 16.6 Å². The average Bonchev–Trinajstić information content (AvgIpc) is 2.49. The summed E-state index contributed by atoms with van der Waals surface area (Å²) in [4.78, 5) is 11.9. The Kier molecular flexibility index (Phi) is 5.43. The lowest BCUT2D eigenvalue weighted by Gasteiger charge is -2.19. The Morgan fingerprint density at radius 1 is 1.00 bits per heavy atom. The highest BCUT2D eigenvalue weighted by atomic mass is 16.3. The van der Waals surface area contributed by atoms with Crippen LogP contribution in [0.25, 0.3) is 0 Å². The summed E-state index contributed by atoms with van der Waals surface area (Å²) in [6.07, 6.45) is 2.20. The summed E-state index contributed by atoms with van der Waals surface area (Å²) in [5.41, 5.74) is 3.46. The molecule has 0 radical (unpaired) electrons. The fraction of sp³-hybridized carbons (Fsp3) is 0.350. The first-order valence-electron chi connectivity index (χ1n) is 8.03. The number of anilines is 1. The Bertz CT molecular complexity index is 637. The second-order valence-corrected chi connectivity index (χ2v) is 6.90. The number of amides is 1. The van der Waals surface area contributed by atoms with Crippen molar-refractivity contribution in [2.24, 2.45) is 0 Å². The molecular weight excluding hydrogens is 286 g/mol. The zero-order valence-electron chi connectivity index (χ0n) is 14.1. The summed E-state index contributed by atoms with van der Waals surface area (Å²) in [6, 6.07) is 15.2. The van der Waals surface area contributed by atoms with Gasteiger partial charge in [0.15, 0.2) is 0 Å². The monoisotopic (exact) mass is 311 g/mol. The topological polar surface area (TPSA) is 49.3 Å². The van der Waals surface area contributed by atoms with Crippen molar-refractivity contribution in [3.05, 3.63) is 59.7 Å². The van der Waals surface area contributed by atoms with Gasteiger partial charge < -0.3 is 10.4 Å². The van der Waals surface area contributed by atoms with E-state index in [-0.39, 0.29) is 17.1 Å². The van der Waals surface area contributed by atoms with Gasteiger partial charge >= 0.3 is 0 Å². The first kappa shape index (κ1) is 17.1. The molecule has 2 aromatic rings. The zero-order chi connectivity index (χ0) is 16.9. The van der Waals surface area contributed by atoms with Crippen LogP contribution in [0.4, 0.5) is 5.69 Å². The van der Waals surface area contributed by atoms with Gasteiger partial charge in [-0.3, -0.25) is 4.79 Å². The number of phenols is 1. The van der Waals surface area contributed by atoms with Gasteiger partial charge in [-0.25, -0.2) is 0 Å². The summed E-state index contributed by atoms with van der Waals surface area (Å²) in [7, 11) is 0. The molecule has 2 N–H and O–H groups in total. The summed E-state index contributed by atoms with van der Waals surface area (Å²) in [6.45, 7) is 6.61. The van der Waals surface area contributed by atoms with Crippen molar-refractivity contribution in [2.45, 2.75) is 45.4 Å². The number of carbonyl (C=O) groups excluding carboxylic acids is 1. The molecule has 0 saturated heterocycles. The van der Waals surface area contributed by atoms with Crippen molar-refractivity contribution in [2.75, 3.05) is 5.32 Å². The first-order chi connectivity index (χ1) is 10.8. The number of rotatable bonds is 5. The van der Waals surface area contributed by atoms with Gasteiger partial charge in [0.1, 0.15) is 5.75 Å². The largest absolute Gasteiger partial charge is 0.508 e. The molecule has 0 fully saturated rings. The van der Waals surface area contributed by atoms with E-state index >= 15 is 0 Å². The predicted octanol–water partition coefficient (Wildman–Crippen LogP) is 4.65. The van der Waals surface area contributed by atoms with Crippen molar-refractivity contribution >= 4 is 11.6 Å². The molecule has 0 aliphatic heterocycles. The molecule has 2 rings (SSSR count). The van der Waals surface area contributed by atoms with Gasteiger partial charge in [-0.1, -0.05) is 45.0 Å². The third-order valence-corrected chi connectivity index (χ3v) is 3.84. The number of hydrogen-bond acceptors (Lipinski definition) is 2. The van der Waals surface area contributed by atoms with Crippen molar-refractivity contribution in [1.82, 2.24) is 0 Å². The number of aryl methyl sites for hydroxylation is 1. The maximum atomic E-state index is 11.9. The summed E-state index contributed by atoms with van der Waals surface area (Å²) in [5.74, 6) is 0.198. The third kappa shape index (κ3) is 5.44. The van der Waals surface area contributed by atoms with Gasteiger partial charge in [-0.2, -0.15) is 0 Å². The van der Waals surface area contributed by atoms with E-state index in [1.807, 2.05) is 0 Å². The lowest BCUT2D eigenvalue weighted by atomic mass is 9.86. The van der Waals surface area contributed by atoms with Crippen molar-refractivity contribution < 1.29 is 9.90 Å². The molecule has 0 spiro atoms. The molecular formula is C20H25NO2. The molecule has 0 atom stereocenters. The second-order valence-electron chi connectivity index (χ2n) is 6.90. The maximum Gasteiger partial charge on any atom is 0.224 e. The number of phenolic OH excluding ortho intramolecular Hbond substituents is 1. The highest BCUT2D eigenvalue weighted by Crippen LogP contribution is 2.22. The lowest BCUT2D eigenvalue weighted by Crippen LogP contribution is -2.12. The molecule has 0 aliphatic carbocycles. The molecule has 0 aliphatic rings. The molecule has 2 aromatic carbocycles. The highest BCUT2D eigenvalue weighted by molar-refractivity contribution is 5.90. The fourth-order valence-electron chi connectivity index (χ4n) is 2.39. The first-order valence-corrected chi connectivity index (χ1v) is 8.03. The molecule has 3 nitrogen and oxygen atoms in total. The van der Waals surface area contributed by atoms with Gasteiger partial charge in [-0.05, 0) is 53.6 Å². The van der Waals surface area contributed by atoms with Gasteiger partial charge in [0.05, 0.1) is 0 Å². The van der Waals surface area contributed by atoms with E-state index in [0.29, 0.717) is 12.1 Å². The van der Waals surface area contributed by atoms with E-state index in [4.69, 9.17) is 0 Å². The van der Waals surface area contributed by atoms with E-state index in [1.54, 1.807) is 24.3 Å². The lowest BCUT2D eigenvalue weighted by molar-refractivity contribution is -0.116. The number of nitrogens with one attached hydrogen (secondary N) is 1. The fourth-order valence-corrected chi connectivity index (χ4v) is 2.39. The van der Waals surface area contributed by atoms with Crippen LogP contribution in [0.5, 0.6) is 5.75 Å². The Labute approximate surface area is 138 Å². The molecule has 122 valence electrons. The smallest absolute Gasteiger partial charge is 0.224 e. The molecule has 1 amide bonds. The number of hydrogen-bond donors (Lipinski definition) is 2. The summed E-state index contributed by atoms with van der Waals surface area (Å²) < 4.78 is 0. The molecule has 3 heteroatoms. The molecule has 0 saturated carbocycles. The van der Waals surface area contributed by atoms with Crippen molar-refractivity contribution in [1.29, 1.82) is 0 Å². The third-order valence-electron chi connectivity index (χ3n) is 3.84. The molecule has 0 aromatic heterocycles. The van der Waals surface area contributed by atoms with Crippen molar-refractivity contribution in [3.63, 3.8) is 0 Å². The second kappa shape index (κ2) is 7.32. The van der Waals surface area contributed by atoms with E-state index in [1.165, 1.54) is 11.1 Å². The Balaban J connectivity index is 1.78. The summed E-state index contributed by atoms with van der Waals surface area (Å²) in [5, 5.41) is 12.0. The predicted molar refractivity (Wildman–Crippen MR) is 94.8 cm³/mol. The highest BCUT2D eigenvalue weighted by Gasteiger charge is 2.12. The molecule has 0 unspecified atom stereocenters. The van der Waals surface area contributed by atoms with E-state index in [2.05, 4.69) is 50.4 Å².